The summed E-state index contributed by atoms with van der Waals surface area (Å²) in [7, 11) is 0. The molecule has 0 bridgehead atoms. The van der Waals surface area contributed by atoms with E-state index in [2.05, 4.69) is 20.9 Å². The maximum Gasteiger partial charge on any atom is 0.326 e. The molecule has 12 nitrogen and oxygen atoms in total. The molecule has 3 atom stereocenters. The molecule has 35 heavy (non-hydrogen) atoms. The predicted octanol–water partition coefficient (Wildman–Crippen LogP) is -0.870. The van der Waals surface area contributed by atoms with Crippen molar-refractivity contribution < 1.29 is 29.1 Å². The smallest absolute Gasteiger partial charge is 0.326 e. The molecule has 0 radical (unpaired) electrons. The van der Waals surface area contributed by atoms with Gasteiger partial charge in [-0.3, -0.25) is 19.2 Å². The highest BCUT2D eigenvalue weighted by molar-refractivity contribution is 5.95. The number of para-hydroxylation sites is 1. The lowest BCUT2D eigenvalue weighted by Crippen LogP contribution is -2.57. The van der Waals surface area contributed by atoms with Gasteiger partial charge in [-0.2, -0.15) is 0 Å². The van der Waals surface area contributed by atoms with Crippen molar-refractivity contribution in [2.45, 2.75) is 51.2 Å². The number of nitrogens with one attached hydrogen (secondary N) is 4. The summed E-state index contributed by atoms with van der Waals surface area (Å²) in [5, 5.41) is 17.6. The second kappa shape index (κ2) is 12.5. The molecular formula is C23H32N6O6. The normalized spacial score (nSPS) is 13.6. The number of carbonyl (C=O) groups excluding carboxylic acids is 4. The van der Waals surface area contributed by atoms with Crippen LogP contribution in [0, 0.1) is 5.92 Å². The van der Waals surface area contributed by atoms with Crippen LogP contribution in [0.3, 0.4) is 0 Å². The van der Waals surface area contributed by atoms with Crippen LogP contribution in [-0.4, -0.2) is 64.4 Å². The fourth-order valence-electron chi connectivity index (χ4n) is 3.63. The molecule has 2 rings (SSSR count). The quantitative estimate of drug-likeness (QED) is 0.189. The molecule has 9 N–H and O–H groups in total. The summed E-state index contributed by atoms with van der Waals surface area (Å²) in [6, 6.07) is 3.76. The van der Waals surface area contributed by atoms with Gasteiger partial charge in [0.1, 0.15) is 18.1 Å². The van der Waals surface area contributed by atoms with E-state index in [1.54, 1.807) is 6.20 Å². The Balaban J connectivity index is 2.24. The molecule has 1 aromatic carbocycles. The van der Waals surface area contributed by atoms with Gasteiger partial charge in [-0.15, -0.1) is 0 Å². The number of aromatic amines is 1. The number of H-pyrrole nitrogens is 1. The van der Waals surface area contributed by atoms with Gasteiger partial charge in [0, 0.05) is 23.5 Å². The first-order valence-corrected chi connectivity index (χ1v) is 11.2. The number of amides is 4. The summed E-state index contributed by atoms with van der Waals surface area (Å²) in [6.45, 7) is 3.31. The fraction of sp³-hybridized carbons (Fsp3) is 0.435. The molecule has 4 amide bonds. The molecule has 0 spiro atoms. The number of rotatable bonds is 13. The summed E-state index contributed by atoms with van der Waals surface area (Å²) in [5.41, 5.74) is 12.1. The third-order valence-electron chi connectivity index (χ3n) is 5.30. The third kappa shape index (κ3) is 8.10. The van der Waals surface area contributed by atoms with Gasteiger partial charge in [-0.25, -0.2) is 4.79 Å². The van der Waals surface area contributed by atoms with Crippen LogP contribution in [0.5, 0.6) is 0 Å². The van der Waals surface area contributed by atoms with Crippen molar-refractivity contribution in [3.63, 3.8) is 0 Å². The molecule has 3 unspecified atom stereocenters. The second-order valence-electron chi connectivity index (χ2n) is 8.65. The minimum absolute atomic E-state index is 0.0452. The highest BCUT2D eigenvalue weighted by atomic mass is 16.4. The van der Waals surface area contributed by atoms with Crippen molar-refractivity contribution in [2.75, 3.05) is 6.54 Å². The number of hydrogen-bond donors (Lipinski definition) is 7. The third-order valence-corrected chi connectivity index (χ3v) is 5.30. The molecule has 190 valence electrons. The molecule has 0 saturated carbocycles. The molecule has 12 heteroatoms. The van der Waals surface area contributed by atoms with E-state index in [9.17, 15) is 29.1 Å². The molecule has 0 aliphatic heterocycles. The summed E-state index contributed by atoms with van der Waals surface area (Å²) in [6.07, 6.45) is 1.44. The number of carboxylic acid groups (broad SMARTS) is 1. The topological polar surface area (TPSA) is 210 Å². The number of aromatic nitrogens is 1. The second-order valence-corrected chi connectivity index (χ2v) is 8.65. The van der Waals surface area contributed by atoms with Crippen molar-refractivity contribution in [2.24, 2.45) is 17.4 Å². The highest BCUT2D eigenvalue weighted by Crippen LogP contribution is 2.19. The number of hydrogen-bond acceptors (Lipinski definition) is 6. The summed E-state index contributed by atoms with van der Waals surface area (Å²) < 4.78 is 0. The van der Waals surface area contributed by atoms with E-state index in [1.165, 1.54) is 0 Å². The van der Waals surface area contributed by atoms with Crippen LogP contribution in [0.25, 0.3) is 10.9 Å². The zero-order chi connectivity index (χ0) is 26.1. The first-order chi connectivity index (χ1) is 16.5. The predicted molar refractivity (Wildman–Crippen MR) is 128 cm³/mol. The van der Waals surface area contributed by atoms with E-state index in [0.717, 1.165) is 16.5 Å². The van der Waals surface area contributed by atoms with Crippen molar-refractivity contribution in [3.05, 3.63) is 36.0 Å². The lowest BCUT2D eigenvalue weighted by atomic mass is 10.0. The van der Waals surface area contributed by atoms with Crippen LogP contribution in [0.1, 0.15) is 32.3 Å². The van der Waals surface area contributed by atoms with Gasteiger partial charge in [0.25, 0.3) is 0 Å². The van der Waals surface area contributed by atoms with Crippen LogP contribution < -0.4 is 27.4 Å². The van der Waals surface area contributed by atoms with Crippen molar-refractivity contribution in [3.8, 4) is 0 Å². The molecule has 0 aliphatic carbocycles. The highest BCUT2D eigenvalue weighted by Gasteiger charge is 2.31. The molecule has 2 aromatic rings. The van der Waals surface area contributed by atoms with Crippen molar-refractivity contribution in [1.82, 2.24) is 20.9 Å². The number of nitrogens with two attached hydrogens (primary N) is 2. The van der Waals surface area contributed by atoms with E-state index in [-0.39, 0.29) is 25.3 Å². The van der Waals surface area contributed by atoms with E-state index in [4.69, 9.17) is 11.5 Å². The zero-order valence-corrected chi connectivity index (χ0v) is 19.7. The lowest BCUT2D eigenvalue weighted by molar-refractivity contribution is -0.143. The average molecular weight is 489 g/mol. The lowest BCUT2D eigenvalue weighted by Gasteiger charge is -2.25. The first-order valence-electron chi connectivity index (χ1n) is 11.2. The number of aliphatic carboxylic acids is 1. The summed E-state index contributed by atoms with van der Waals surface area (Å²) in [4.78, 5) is 63.8. The standard InChI is InChI=1S/C23H32N6O6/c1-12(2)7-16(21(32)29-18(23(34)35)9-19(25)30)28-22(33)17(27-20(31)10-24)8-13-11-26-15-6-4-3-5-14(13)15/h3-6,11-12,16-18,26H,7-10,24H2,1-2H3,(H2,25,30)(H,27,31)(H,28,33)(H,29,32)(H,34,35). The Morgan fingerprint density at radius 1 is 0.971 bits per heavy atom. The van der Waals surface area contributed by atoms with E-state index in [1.807, 2.05) is 38.1 Å². The fourth-order valence-corrected chi connectivity index (χ4v) is 3.63. The van der Waals surface area contributed by atoms with Gasteiger partial charge in [0.2, 0.25) is 23.6 Å². The van der Waals surface area contributed by atoms with Crippen LogP contribution in [0.15, 0.2) is 30.5 Å². The number of carboxylic acids is 1. The zero-order valence-electron chi connectivity index (χ0n) is 19.7. The maximum atomic E-state index is 13.2. The van der Waals surface area contributed by atoms with Crippen molar-refractivity contribution >= 4 is 40.5 Å². The molecule has 0 saturated heterocycles. The van der Waals surface area contributed by atoms with Gasteiger partial charge < -0.3 is 37.5 Å². The Morgan fingerprint density at radius 3 is 2.20 bits per heavy atom. The Bertz CT molecular complexity index is 1080. The minimum Gasteiger partial charge on any atom is -0.480 e. The maximum absolute atomic E-state index is 13.2. The van der Waals surface area contributed by atoms with Crippen molar-refractivity contribution in [1.29, 1.82) is 0 Å². The number of benzene rings is 1. The van der Waals surface area contributed by atoms with Crippen LogP contribution in [0.2, 0.25) is 0 Å². The SMILES string of the molecule is CC(C)CC(NC(=O)C(Cc1c[nH]c2ccccc12)NC(=O)CN)C(=O)NC(CC(N)=O)C(=O)O. The number of primary amides is 1. The Labute approximate surface area is 202 Å². The first kappa shape index (κ1) is 27.3. The largest absolute Gasteiger partial charge is 0.480 e. The van der Waals surface area contributed by atoms with E-state index in [0.29, 0.717) is 0 Å². The van der Waals surface area contributed by atoms with Gasteiger partial charge in [-0.1, -0.05) is 32.0 Å². The number of carbonyl (C=O) groups is 5. The van der Waals surface area contributed by atoms with E-state index >= 15 is 0 Å². The summed E-state index contributed by atoms with van der Waals surface area (Å²) in [5.74, 6) is -4.35. The van der Waals surface area contributed by atoms with Crippen LogP contribution in [0.4, 0.5) is 0 Å². The molecular weight excluding hydrogens is 456 g/mol. The van der Waals surface area contributed by atoms with Crippen LogP contribution >= 0.6 is 0 Å². The minimum atomic E-state index is -1.54. The van der Waals surface area contributed by atoms with Gasteiger partial charge in [0.05, 0.1) is 13.0 Å². The molecule has 0 fully saturated rings. The van der Waals surface area contributed by atoms with Gasteiger partial charge >= 0.3 is 5.97 Å². The monoisotopic (exact) mass is 488 g/mol. The Morgan fingerprint density at radius 2 is 1.60 bits per heavy atom. The van der Waals surface area contributed by atoms with E-state index < -0.39 is 54.1 Å². The Hall–Kier alpha value is -3.93. The average Bonchev–Trinajstić information content (AvgIpc) is 3.19. The Kier molecular flexibility index (Phi) is 9.76. The molecule has 0 aliphatic rings. The van der Waals surface area contributed by atoms with Gasteiger partial charge in [-0.05, 0) is 24.0 Å². The molecule has 1 heterocycles. The van der Waals surface area contributed by atoms with Gasteiger partial charge in [0.15, 0.2) is 0 Å². The summed E-state index contributed by atoms with van der Waals surface area (Å²) >= 11 is 0. The number of fused-ring (bicyclic) bond motifs is 1. The van der Waals surface area contributed by atoms with Crippen LogP contribution in [-0.2, 0) is 30.4 Å². The molecule has 1 aromatic heterocycles.